The zero-order valence-corrected chi connectivity index (χ0v) is 12.5. The third-order valence-electron chi connectivity index (χ3n) is 2.57. The number of aromatic amines is 1. The molecular formula is C14H11F3N4O3. The first-order valence-corrected chi connectivity index (χ1v) is 6.59. The Bertz CT molecular complexity index is 819. The number of carboxylic acid groups (broad SMARTS) is 1. The van der Waals surface area contributed by atoms with Gasteiger partial charge in [0, 0.05) is 12.0 Å². The highest BCUT2D eigenvalue weighted by Crippen LogP contribution is 2.32. The standard InChI is InChI=1S/C14H11F3N4O3/c1-7(2)3-4-8-5-9(6-18-11(8)14(15,16)17)24-12-10(13(22)23)19-21-20-12/h5-7H,1-2H3,(H,22,23)(H,19,20,21). The van der Waals surface area contributed by atoms with Crippen molar-refractivity contribution in [2.45, 2.75) is 20.0 Å². The summed E-state index contributed by atoms with van der Waals surface area (Å²) in [5, 5.41) is 17.7. The molecule has 0 atom stereocenters. The van der Waals surface area contributed by atoms with Gasteiger partial charge in [0.25, 0.3) is 5.88 Å². The van der Waals surface area contributed by atoms with Gasteiger partial charge in [-0.1, -0.05) is 30.9 Å². The third kappa shape index (κ3) is 4.01. The third-order valence-corrected chi connectivity index (χ3v) is 2.57. The molecule has 0 radical (unpaired) electrons. The van der Waals surface area contributed by atoms with Crippen LogP contribution in [0.25, 0.3) is 0 Å². The summed E-state index contributed by atoms with van der Waals surface area (Å²) in [5.74, 6) is 3.01. The van der Waals surface area contributed by atoms with Gasteiger partial charge in [-0.05, 0) is 0 Å². The van der Waals surface area contributed by atoms with Crippen molar-refractivity contribution < 1.29 is 27.8 Å². The highest BCUT2D eigenvalue weighted by atomic mass is 19.4. The van der Waals surface area contributed by atoms with E-state index in [4.69, 9.17) is 9.84 Å². The Kier molecular flexibility index (Phi) is 4.73. The number of carbonyl (C=O) groups is 1. The second-order valence-electron chi connectivity index (χ2n) is 4.89. The lowest BCUT2D eigenvalue weighted by atomic mass is 10.1. The van der Waals surface area contributed by atoms with Crippen molar-refractivity contribution in [2.75, 3.05) is 0 Å². The number of ether oxygens (including phenoxy) is 1. The Hall–Kier alpha value is -3.09. The molecule has 2 rings (SSSR count). The molecule has 0 aromatic carbocycles. The number of hydrogen-bond donors (Lipinski definition) is 2. The number of pyridine rings is 1. The summed E-state index contributed by atoms with van der Waals surface area (Å²) in [4.78, 5) is 14.2. The van der Waals surface area contributed by atoms with E-state index in [0.717, 1.165) is 12.3 Å². The average Bonchev–Trinajstić information content (AvgIpc) is 2.92. The van der Waals surface area contributed by atoms with Crippen LogP contribution in [-0.4, -0.2) is 31.5 Å². The molecule has 0 amide bonds. The number of aromatic carboxylic acids is 1. The molecule has 10 heteroatoms. The topological polar surface area (TPSA) is 101 Å². The Morgan fingerprint density at radius 1 is 1.42 bits per heavy atom. The van der Waals surface area contributed by atoms with Gasteiger partial charge in [-0.25, -0.2) is 14.9 Å². The van der Waals surface area contributed by atoms with Crippen LogP contribution in [0.1, 0.15) is 35.6 Å². The predicted octanol–water partition coefficient (Wildman–Crippen LogP) is 2.72. The quantitative estimate of drug-likeness (QED) is 0.833. The van der Waals surface area contributed by atoms with E-state index in [1.165, 1.54) is 0 Å². The van der Waals surface area contributed by atoms with E-state index in [9.17, 15) is 18.0 Å². The lowest BCUT2D eigenvalue weighted by Gasteiger charge is -2.10. The Balaban J connectivity index is 2.43. The van der Waals surface area contributed by atoms with E-state index >= 15 is 0 Å². The number of nitrogens with zero attached hydrogens (tertiary/aromatic N) is 3. The lowest BCUT2D eigenvalue weighted by molar-refractivity contribution is -0.141. The first-order valence-electron chi connectivity index (χ1n) is 6.59. The summed E-state index contributed by atoms with van der Waals surface area (Å²) in [6.45, 7) is 3.45. The van der Waals surface area contributed by atoms with Gasteiger partial charge in [-0.2, -0.15) is 13.2 Å². The number of carboxylic acids is 1. The normalized spacial score (nSPS) is 11.1. The molecule has 0 fully saturated rings. The van der Waals surface area contributed by atoms with Gasteiger partial charge in [0.05, 0.1) is 11.8 Å². The molecule has 24 heavy (non-hydrogen) atoms. The van der Waals surface area contributed by atoms with Crippen molar-refractivity contribution in [3.63, 3.8) is 0 Å². The molecule has 2 N–H and O–H groups in total. The molecule has 126 valence electrons. The maximum absolute atomic E-state index is 13.0. The van der Waals surface area contributed by atoms with Crippen LogP contribution in [0.2, 0.25) is 0 Å². The van der Waals surface area contributed by atoms with E-state index in [1.807, 2.05) is 0 Å². The van der Waals surface area contributed by atoms with E-state index in [1.54, 1.807) is 13.8 Å². The first-order chi connectivity index (χ1) is 11.2. The number of nitrogens with one attached hydrogen (secondary N) is 1. The molecule has 0 spiro atoms. The fraction of sp³-hybridized carbons (Fsp3) is 0.286. The van der Waals surface area contributed by atoms with Crippen LogP contribution >= 0.6 is 0 Å². The number of aromatic nitrogens is 4. The molecule has 0 saturated carbocycles. The van der Waals surface area contributed by atoms with Crippen LogP contribution in [-0.2, 0) is 6.18 Å². The monoisotopic (exact) mass is 340 g/mol. The maximum Gasteiger partial charge on any atom is 0.434 e. The van der Waals surface area contributed by atoms with Gasteiger partial charge in [-0.3, -0.25) is 0 Å². The van der Waals surface area contributed by atoms with Gasteiger partial charge >= 0.3 is 12.1 Å². The molecular weight excluding hydrogens is 329 g/mol. The minimum absolute atomic E-state index is 0.135. The molecule has 0 saturated heterocycles. The minimum atomic E-state index is -4.68. The van der Waals surface area contributed by atoms with Gasteiger partial charge in [0.2, 0.25) is 5.69 Å². The molecule has 0 bridgehead atoms. The van der Waals surface area contributed by atoms with Crippen molar-refractivity contribution in [1.82, 2.24) is 20.4 Å². The summed E-state index contributed by atoms with van der Waals surface area (Å²) in [6.07, 6.45) is -3.86. The van der Waals surface area contributed by atoms with E-state index in [0.29, 0.717) is 0 Å². The second-order valence-corrected chi connectivity index (χ2v) is 4.89. The number of halogens is 3. The molecule has 0 aliphatic heterocycles. The Morgan fingerprint density at radius 3 is 2.71 bits per heavy atom. The van der Waals surface area contributed by atoms with Crippen LogP contribution in [0.15, 0.2) is 12.3 Å². The fourth-order valence-electron chi connectivity index (χ4n) is 1.59. The Morgan fingerprint density at radius 2 is 2.12 bits per heavy atom. The Labute approximate surface area is 133 Å². The number of hydrogen-bond acceptors (Lipinski definition) is 5. The number of alkyl halides is 3. The van der Waals surface area contributed by atoms with Crippen LogP contribution in [0.4, 0.5) is 13.2 Å². The number of H-pyrrole nitrogens is 1. The number of rotatable bonds is 3. The average molecular weight is 340 g/mol. The van der Waals surface area contributed by atoms with Gasteiger partial charge in [0.15, 0.2) is 5.69 Å². The summed E-state index contributed by atoms with van der Waals surface area (Å²) in [5.41, 5.74) is -2.04. The largest absolute Gasteiger partial charge is 0.476 e. The van der Waals surface area contributed by atoms with Crippen LogP contribution in [0.3, 0.4) is 0 Å². The maximum atomic E-state index is 13.0. The first kappa shape index (κ1) is 17.3. The summed E-state index contributed by atoms with van der Waals surface area (Å²) in [7, 11) is 0. The van der Waals surface area contributed by atoms with Gasteiger partial charge < -0.3 is 9.84 Å². The summed E-state index contributed by atoms with van der Waals surface area (Å²) < 4.78 is 44.1. The van der Waals surface area contributed by atoms with Crippen LogP contribution in [0, 0.1) is 17.8 Å². The molecule has 0 unspecified atom stereocenters. The van der Waals surface area contributed by atoms with Gasteiger partial charge in [0.1, 0.15) is 5.75 Å². The van der Waals surface area contributed by atoms with Gasteiger partial charge in [-0.15, -0.1) is 5.10 Å². The molecule has 7 nitrogen and oxygen atoms in total. The smallest absolute Gasteiger partial charge is 0.434 e. The molecule has 2 aromatic heterocycles. The predicted molar refractivity (Wildman–Crippen MR) is 74.4 cm³/mol. The lowest BCUT2D eigenvalue weighted by Crippen LogP contribution is -2.11. The van der Waals surface area contributed by atoms with Crippen molar-refractivity contribution in [1.29, 1.82) is 0 Å². The molecule has 0 aliphatic rings. The van der Waals surface area contributed by atoms with Crippen LogP contribution < -0.4 is 4.74 Å². The zero-order valence-electron chi connectivity index (χ0n) is 12.5. The van der Waals surface area contributed by atoms with Crippen molar-refractivity contribution in [2.24, 2.45) is 5.92 Å². The summed E-state index contributed by atoms with van der Waals surface area (Å²) in [6, 6.07) is 1.03. The van der Waals surface area contributed by atoms with Crippen molar-refractivity contribution in [3.8, 4) is 23.5 Å². The van der Waals surface area contributed by atoms with Crippen molar-refractivity contribution in [3.05, 3.63) is 29.2 Å². The zero-order chi connectivity index (χ0) is 17.9. The molecule has 2 heterocycles. The summed E-state index contributed by atoms with van der Waals surface area (Å²) >= 11 is 0. The van der Waals surface area contributed by atoms with Crippen molar-refractivity contribution >= 4 is 5.97 Å². The fourth-order valence-corrected chi connectivity index (χ4v) is 1.59. The second kappa shape index (κ2) is 6.57. The van der Waals surface area contributed by atoms with Crippen LogP contribution in [0.5, 0.6) is 11.6 Å². The SMILES string of the molecule is CC(C)C#Cc1cc(Oc2[nH]nnc2C(=O)O)cnc1C(F)(F)F. The minimum Gasteiger partial charge on any atom is -0.476 e. The highest BCUT2D eigenvalue weighted by Gasteiger charge is 2.35. The van der Waals surface area contributed by atoms with E-state index in [2.05, 4.69) is 32.2 Å². The molecule has 2 aromatic rings. The molecule has 0 aliphatic carbocycles. The van der Waals surface area contributed by atoms with E-state index < -0.39 is 23.5 Å². The highest BCUT2D eigenvalue weighted by molar-refractivity contribution is 5.87. The van der Waals surface area contributed by atoms with E-state index in [-0.39, 0.29) is 23.1 Å².